The van der Waals surface area contributed by atoms with Crippen LogP contribution in [0.4, 0.5) is 5.69 Å². The van der Waals surface area contributed by atoms with E-state index in [4.69, 9.17) is 23.2 Å². The Labute approximate surface area is 148 Å². The monoisotopic (exact) mass is 355 g/mol. The molecule has 0 aliphatic heterocycles. The lowest BCUT2D eigenvalue weighted by Gasteiger charge is -2.12. The molecule has 3 aromatic rings. The summed E-state index contributed by atoms with van der Waals surface area (Å²) in [5.41, 5.74) is 2.43. The van der Waals surface area contributed by atoms with Crippen LogP contribution in [0.5, 0.6) is 0 Å². The molecule has 0 bridgehead atoms. The molecule has 1 amide bonds. The van der Waals surface area contributed by atoms with Crippen molar-refractivity contribution in [1.29, 1.82) is 5.26 Å². The summed E-state index contributed by atoms with van der Waals surface area (Å²) in [6.07, 6.45) is 0. The second-order valence-electron chi connectivity index (χ2n) is 5.18. The molecule has 1 heterocycles. The van der Waals surface area contributed by atoms with Gasteiger partial charge in [-0.25, -0.2) is 0 Å². The number of aryl methyl sites for hydroxylation is 1. The normalized spacial score (nSPS) is 10.4. The minimum Gasteiger partial charge on any atom is -0.321 e. The second kappa shape index (κ2) is 6.48. The number of nitrogens with zero attached hydrogens (tertiary/aromatic N) is 2. The van der Waals surface area contributed by atoms with Crippen molar-refractivity contribution >= 4 is 45.7 Å². The van der Waals surface area contributed by atoms with Crippen molar-refractivity contribution in [3.8, 4) is 6.07 Å². The van der Waals surface area contributed by atoms with Crippen LogP contribution in [0.1, 0.15) is 21.6 Å². The standard InChI is InChI=1S/C18H11Cl2N3O/c1-10-8-15(12-5-2-4-11(9-21)17(12)22-10)23-18(24)16-13(19)6-3-7-14(16)20/h2-8H,1H3,(H,22,23,24). The van der Waals surface area contributed by atoms with Crippen LogP contribution in [0.2, 0.25) is 10.0 Å². The van der Waals surface area contributed by atoms with Crippen molar-refractivity contribution in [2.45, 2.75) is 6.92 Å². The molecule has 24 heavy (non-hydrogen) atoms. The average Bonchev–Trinajstić information content (AvgIpc) is 2.54. The largest absolute Gasteiger partial charge is 0.321 e. The minimum absolute atomic E-state index is 0.208. The maximum absolute atomic E-state index is 12.6. The molecule has 0 unspecified atom stereocenters. The fourth-order valence-electron chi connectivity index (χ4n) is 2.47. The van der Waals surface area contributed by atoms with E-state index in [0.29, 0.717) is 27.8 Å². The van der Waals surface area contributed by atoms with Gasteiger partial charge < -0.3 is 5.32 Å². The van der Waals surface area contributed by atoms with E-state index in [2.05, 4.69) is 16.4 Å². The Morgan fingerprint density at radius 1 is 1.17 bits per heavy atom. The van der Waals surface area contributed by atoms with E-state index in [1.807, 2.05) is 0 Å². The van der Waals surface area contributed by atoms with Crippen LogP contribution in [0.15, 0.2) is 42.5 Å². The Balaban J connectivity index is 2.11. The van der Waals surface area contributed by atoms with Gasteiger partial charge in [-0.05, 0) is 31.2 Å². The molecule has 0 radical (unpaired) electrons. The molecular weight excluding hydrogens is 345 g/mol. The topological polar surface area (TPSA) is 65.8 Å². The van der Waals surface area contributed by atoms with Crippen molar-refractivity contribution in [2.75, 3.05) is 5.32 Å². The van der Waals surface area contributed by atoms with Gasteiger partial charge in [0, 0.05) is 11.1 Å². The number of anilines is 1. The van der Waals surface area contributed by atoms with Crippen molar-refractivity contribution in [3.05, 3.63) is 69.3 Å². The van der Waals surface area contributed by atoms with Crippen LogP contribution in [-0.4, -0.2) is 10.9 Å². The zero-order valence-corrected chi connectivity index (χ0v) is 14.1. The first-order valence-corrected chi connectivity index (χ1v) is 7.82. The second-order valence-corrected chi connectivity index (χ2v) is 5.99. The molecule has 1 N–H and O–H groups in total. The van der Waals surface area contributed by atoms with Gasteiger partial charge in [0.25, 0.3) is 5.91 Å². The highest BCUT2D eigenvalue weighted by Gasteiger charge is 2.16. The Morgan fingerprint density at radius 3 is 2.50 bits per heavy atom. The summed E-state index contributed by atoms with van der Waals surface area (Å²) >= 11 is 12.2. The van der Waals surface area contributed by atoms with E-state index < -0.39 is 5.91 Å². The number of benzene rings is 2. The summed E-state index contributed by atoms with van der Waals surface area (Å²) in [5.74, 6) is -0.417. The molecule has 0 aliphatic rings. The zero-order chi connectivity index (χ0) is 17.3. The average molecular weight is 356 g/mol. The third-order valence-corrected chi connectivity index (χ3v) is 4.16. The van der Waals surface area contributed by atoms with Crippen molar-refractivity contribution in [1.82, 2.24) is 4.98 Å². The number of pyridine rings is 1. The Morgan fingerprint density at radius 2 is 1.83 bits per heavy atom. The molecule has 3 rings (SSSR count). The number of rotatable bonds is 2. The molecule has 1 aromatic heterocycles. The molecule has 0 saturated carbocycles. The number of carbonyl (C=O) groups excluding carboxylic acids is 1. The lowest BCUT2D eigenvalue weighted by atomic mass is 10.1. The summed E-state index contributed by atoms with van der Waals surface area (Å²) in [6, 6.07) is 14.0. The predicted octanol–water partition coefficient (Wildman–Crippen LogP) is 4.97. The van der Waals surface area contributed by atoms with Crippen LogP contribution in [-0.2, 0) is 0 Å². The molecule has 0 aliphatic carbocycles. The lowest BCUT2D eigenvalue weighted by molar-refractivity contribution is 0.102. The predicted molar refractivity (Wildman–Crippen MR) is 95.6 cm³/mol. The van der Waals surface area contributed by atoms with Gasteiger partial charge in [0.15, 0.2) is 0 Å². The van der Waals surface area contributed by atoms with Crippen LogP contribution in [0.3, 0.4) is 0 Å². The van der Waals surface area contributed by atoms with Crippen LogP contribution in [0, 0.1) is 18.3 Å². The third-order valence-electron chi connectivity index (χ3n) is 3.53. The number of para-hydroxylation sites is 1. The van der Waals surface area contributed by atoms with Crippen LogP contribution < -0.4 is 5.32 Å². The number of hydrogen-bond acceptors (Lipinski definition) is 3. The Bertz CT molecular complexity index is 989. The molecule has 4 nitrogen and oxygen atoms in total. The van der Waals surface area contributed by atoms with Crippen molar-refractivity contribution in [3.63, 3.8) is 0 Å². The SMILES string of the molecule is Cc1cc(NC(=O)c2c(Cl)cccc2Cl)c2cccc(C#N)c2n1. The molecule has 2 aromatic carbocycles. The maximum Gasteiger partial charge on any atom is 0.258 e. The number of carbonyl (C=O) groups is 1. The third kappa shape index (κ3) is 2.92. The smallest absolute Gasteiger partial charge is 0.258 e. The highest BCUT2D eigenvalue weighted by atomic mass is 35.5. The molecule has 6 heteroatoms. The van der Waals surface area contributed by atoms with Crippen molar-refractivity contribution in [2.24, 2.45) is 0 Å². The zero-order valence-electron chi connectivity index (χ0n) is 12.6. The van der Waals surface area contributed by atoms with E-state index in [9.17, 15) is 10.1 Å². The number of fused-ring (bicyclic) bond motifs is 1. The molecule has 0 fully saturated rings. The summed E-state index contributed by atoms with van der Waals surface area (Å²) in [4.78, 5) is 17.0. The van der Waals surface area contributed by atoms with E-state index in [1.165, 1.54) is 0 Å². The first-order valence-electron chi connectivity index (χ1n) is 7.07. The molecule has 0 spiro atoms. The van der Waals surface area contributed by atoms with Gasteiger partial charge >= 0.3 is 0 Å². The van der Waals surface area contributed by atoms with Gasteiger partial charge in [-0.1, -0.05) is 41.4 Å². The minimum atomic E-state index is -0.417. The highest BCUT2D eigenvalue weighted by molar-refractivity contribution is 6.40. The van der Waals surface area contributed by atoms with Gasteiger partial charge in [-0.15, -0.1) is 0 Å². The first-order chi connectivity index (χ1) is 11.5. The fraction of sp³-hybridized carbons (Fsp3) is 0.0556. The van der Waals surface area contributed by atoms with Gasteiger partial charge in [0.2, 0.25) is 0 Å². The summed E-state index contributed by atoms with van der Waals surface area (Å²) in [5, 5.41) is 13.3. The van der Waals surface area contributed by atoms with Crippen LogP contribution in [0.25, 0.3) is 10.9 Å². The van der Waals surface area contributed by atoms with Gasteiger partial charge in [0.05, 0.1) is 32.4 Å². The number of amides is 1. The summed E-state index contributed by atoms with van der Waals surface area (Å²) in [7, 11) is 0. The molecule has 0 saturated heterocycles. The lowest BCUT2D eigenvalue weighted by Crippen LogP contribution is -2.14. The van der Waals surface area contributed by atoms with Gasteiger partial charge in [-0.3, -0.25) is 9.78 Å². The van der Waals surface area contributed by atoms with E-state index >= 15 is 0 Å². The summed E-state index contributed by atoms with van der Waals surface area (Å²) in [6.45, 7) is 1.80. The molecule has 118 valence electrons. The van der Waals surface area contributed by atoms with Crippen LogP contribution >= 0.6 is 23.2 Å². The Hall–Kier alpha value is -2.61. The van der Waals surface area contributed by atoms with Gasteiger partial charge in [0.1, 0.15) is 6.07 Å². The van der Waals surface area contributed by atoms with Gasteiger partial charge in [-0.2, -0.15) is 5.26 Å². The number of nitriles is 1. The molecular formula is C18H11Cl2N3O. The van der Waals surface area contributed by atoms with Crippen molar-refractivity contribution < 1.29 is 4.79 Å². The van der Waals surface area contributed by atoms with E-state index in [0.717, 1.165) is 0 Å². The molecule has 0 atom stereocenters. The maximum atomic E-state index is 12.6. The first kappa shape index (κ1) is 16.3. The van der Waals surface area contributed by atoms with E-state index in [-0.39, 0.29) is 15.6 Å². The fourth-order valence-corrected chi connectivity index (χ4v) is 3.04. The summed E-state index contributed by atoms with van der Waals surface area (Å²) < 4.78 is 0. The van der Waals surface area contributed by atoms with E-state index in [1.54, 1.807) is 49.4 Å². The number of aromatic nitrogens is 1. The Kier molecular flexibility index (Phi) is 4.39. The highest BCUT2D eigenvalue weighted by Crippen LogP contribution is 2.29. The number of nitrogens with one attached hydrogen (secondary N) is 1. The number of hydrogen-bond donors (Lipinski definition) is 1. The quantitative estimate of drug-likeness (QED) is 0.705. The number of halogens is 2.